The smallest absolute Gasteiger partial charge is 0.354 e. The Bertz CT molecular complexity index is 994. The molecule has 7 nitrogen and oxygen atoms in total. The van der Waals surface area contributed by atoms with Crippen molar-refractivity contribution in [2.24, 2.45) is 4.99 Å². The van der Waals surface area contributed by atoms with Gasteiger partial charge in [0, 0.05) is 49.7 Å². The van der Waals surface area contributed by atoms with Crippen molar-refractivity contribution in [1.82, 2.24) is 25.1 Å². The van der Waals surface area contributed by atoms with Crippen LogP contribution in [-0.2, 0) is 17.5 Å². The molecule has 4 heterocycles. The van der Waals surface area contributed by atoms with Gasteiger partial charge in [0.25, 0.3) is 0 Å². The normalized spacial score (nSPS) is 24.6. The van der Waals surface area contributed by atoms with Crippen molar-refractivity contribution in [3.8, 4) is 11.4 Å². The summed E-state index contributed by atoms with van der Waals surface area (Å²) in [6.07, 6.45) is 2.19. The summed E-state index contributed by atoms with van der Waals surface area (Å²) >= 11 is 0. The van der Waals surface area contributed by atoms with E-state index in [1.54, 1.807) is 6.20 Å². The topological polar surface area (TPSA) is 76.6 Å². The SMILES string of the molecule is O=C1NCCC2C1N=CN2C1CCN(Cc2cnc(-c3ccc(C(F)(F)F)cc3)[nH]2)CC1. The first-order valence-electron chi connectivity index (χ1n) is 10.9. The van der Waals surface area contributed by atoms with Crippen molar-refractivity contribution < 1.29 is 18.0 Å². The fourth-order valence-electron chi connectivity index (χ4n) is 4.88. The van der Waals surface area contributed by atoms with Crippen LogP contribution in [0.4, 0.5) is 13.2 Å². The van der Waals surface area contributed by atoms with Gasteiger partial charge in [-0.15, -0.1) is 0 Å². The number of rotatable bonds is 4. The molecule has 3 aliphatic heterocycles. The van der Waals surface area contributed by atoms with Gasteiger partial charge in [-0.3, -0.25) is 14.7 Å². The lowest BCUT2D eigenvalue weighted by Gasteiger charge is -2.40. The standard InChI is InChI=1S/C22H25F3N6O/c23-22(24,25)15-3-1-14(2-4-15)20-27-11-16(29-20)12-30-9-6-17(7-10-30)31-13-28-19-18(31)5-8-26-21(19)32/h1-4,11,13,17-19H,5-10,12H2,(H,26,32)(H,27,29). The predicted molar refractivity (Wildman–Crippen MR) is 113 cm³/mol. The number of amides is 1. The number of imidazole rings is 1. The number of alkyl halides is 3. The van der Waals surface area contributed by atoms with Gasteiger partial charge in [0.15, 0.2) is 6.04 Å². The van der Waals surface area contributed by atoms with Gasteiger partial charge < -0.3 is 15.2 Å². The molecule has 5 rings (SSSR count). The van der Waals surface area contributed by atoms with E-state index in [1.807, 2.05) is 6.34 Å². The fraction of sp³-hybridized carbons (Fsp3) is 0.500. The average Bonchev–Trinajstić information content (AvgIpc) is 3.42. The molecule has 0 radical (unpaired) electrons. The molecule has 170 valence electrons. The van der Waals surface area contributed by atoms with E-state index in [4.69, 9.17) is 0 Å². The quantitative estimate of drug-likeness (QED) is 0.757. The van der Waals surface area contributed by atoms with E-state index in [2.05, 4.69) is 30.1 Å². The average molecular weight is 446 g/mol. The number of H-pyrrole nitrogens is 1. The van der Waals surface area contributed by atoms with Gasteiger partial charge in [-0.1, -0.05) is 12.1 Å². The molecule has 0 aliphatic carbocycles. The molecule has 0 spiro atoms. The second-order valence-electron chi connectivity index (χ2n) is 8.64. The van der Waals surface area contributed by atoms with Crippen molar-refractivity contribution in [3.63, 3.8) is 0 Å². The number of fused-ring (bicyclic) bond motifs is 1. The van der Waals surface area contributed by atoms with Crippen molar-refractivity contribution in [3.05, 3.63) is 41.7 Å². The maximum atomic E-state index is 12.8. The predicted octanol–water partition coefficient (Wildman–Crippen LogP) is 2.66. The Balaban J connectivity index is 1.16. The van der Waals surface area contributed by atoms with Gasteiger partial charge in [0.2, 0.25) is 5.91 Å². The largest absolute Gasteiger partial charge is 0.416 e. The summed E-state index contributed by atoms with van der Waals surface area (Å²) in [5, 5.41) is 2.89. The molecular weight excluding hydrogens is 421 g/mol. The zero-order valence-corrected chi connectivity index (χ0v) is 17.5. The molecule has 2 fully saturated rings. The number of aliphatic imine (C=N–C) groups is 1. The van der Waals surface area contributed by atoms with Gasteiger partial charge in [-0.2, -0.15) is 13.2 Å². The second kappa shape index (κ2) is 8.23. The highest BCUT2D eigenvalue weighted by atomic mass is 19.4. The Hall–Kier alpha value is -2.88. The molecule has 1 aromatic carbocycles. The summed E-state index contributed by atoms with van der Waals surface area (Å²) in [4.78, 5) is 28.7. The number of carbonyl (C=O) groups excluding carboxylic acids is 1. The van der Waals surface area contributed by atoms with Crippen LogP contribution in [0, 0.1) is 0 Å². The number of likely N-dealkylation sites (tertiary alicyclic amines) is 1. The third-order valence-corrected chi connectivity index (χ3v) is 6.60. The number of nitrogens with zero attached hydrogens (tertiary/aromatic N) is 4. The van der Waals surface area contributed by atoms with Crippen LogP contribution < -0.4 is 5.32 Å². The van der Waals surface area contributed by atoms with Crippen LogP contribution in [0.3, 0.4) is 0 Å². The highest BCUT2D eigenvalue weighted by Gasteiger charge is 2.41. The van der Waals surface area contributed by atoms with Crippen LogP contribution in [0.1, 0.15) is 30.5 Å². The minimum absolute atomic E-state index is 0.0283. The number of piperidine rings is 2. The maximum absolute atomic E-state index is 12.8. The van der Waals surface area contributed by atoms with E-state index in [0.717, 1.165) is 50.2 Å². The molecule has 2 saturated heterocycles. The van der Waals surface area contributed by atoms with Crippen LogP contribution in [0.5, 0.6) is 0 Å². The van der Waals surface area contributed by atoms with E-state index in [-0.39, 0.29) is 18.0 Å². The van der Waals surface area contributed by atoms with E-state index in [9.17, 15) is 18.0 Å². The molecule has 32 heavy (non-hydrogen) atoms. The van der Waals surface area contributed by atoms with E-state index in [0.29, 0.717) is 30.5 Å². The summed E-state index contributed by atoms with van der Waals surface area (Å²) in [7, 11) is 0. The molecule has 0 bridgehead atoms. The van der Waals surface area contributed by atoms with Gasteiger partial charge in [-0.25, -0.2) is 4.98 Å². The molecule has 2 atom stereocenters. The summed E-state index contributed by atoms with van der Waals surface area (Å²) in [5.74, 6) is 0.596. The van der Waals surface area contributed by atoms with Crippen LogP contribution in [-0.4, -0.2) is 69.8 Å². The Labute approximate surface area is 183 Å². The molecule has 2 unspecified atom stereocenters. The Morgan fingerprint density at radius 1 is 1.09 bits per heavy atom. The van der Waals surface area contributed by atoms with Gasteiger partial charge in [-0.05, 0) is 31.4 Å². The molecule has 10 heteroatoms. The van der Waals surface area contributed by atoms with Crippen molar-refractivity contribution in [2.45, 2.75) is 50.1 Å². The molecule has 2 aromatic rings. The first kappa shape index (κ1) is 21.0. The molecule has 1 amide bonds. The van der Waals surface area contributed by atoms with Crippen molar-refractivity contribution >= 4 is 12.2 Å². The van der Waals surface area contributed by atoms with E-state index in [1.165, 1.54) is 12.1 Å². The maximum Gasteiger partial charge on any atom is 0.416 e. The number of carbonyl (C=O) groups is 1. The number of aromatic amines is 1. The lowest BCUT2D eigenvalue weighted by Crippen LogP contribution is -2.55. The van der Waals surface area contributed by atoms with E-state index < -0.39 is 11.7 Å². The highest BCUT2D eigenvalue weighted by molar-refractivity contribution is 5.87. The summed E-state index contributed by atoms with van der Waals surface area (Å²) in [5.41, 5.74) is 0.895. The number of halogens is 3. The minimum atomic E-state index is -4.34. The van der Waals surface area contributed by atoms with E-state index >= 15 is 0 Å². The van der Waals surface area contributed by atoms with Crippen LogP contribution in [0.15, 0.2) is 35.5 Å². The summed E-state index contributed by atoms with van der Waals surface area (Å²) in [6, 6.07) is 5.32. The summed E-state index contributed by atoms with van der Waals surface area (Å²) < 4.78 is 38.3. The monoisotopic (exact) mass is 446 g/mol. The molecule has 3 aliphatic rings. The molecule has 2 N–H and O–H groups in total. The molecular formula is C22H25F3N6O. The summed E-state index contributed by atoms with van der Waals surface area (Å²) in [6.45, 7) is 3.27. The van der Waals surface area contributed by atoms with Gasteiger partial charge in [0.1, 0.15) is 5.82 Å². The Morgan fingerprint density at radius 3 is 2.56 bits per heavy atom. The molecule has 0 saturated carbocycles. The van der Waals surface area contributed by atoms with Gasteiger partial charge >= 0.3 is 6.18 Å². The third kappa shape index (κ3) is 4.11. The number of aromatic nitrogens is 2. The zero-order chi connectivity index (χ0) is 22.3. The number of hydrogen-bond donors (Lipinski definition) is 2. The zero-order valence-electron chi connectivity index (χ0n) is 17.5. The first-order chi connectivity index (χ1) is 15.4. The lowest BCUT2D eigenvalue weighted by molar-refractivity contribution is -0.137. The Morgan fingerprint density at radius 2 is 1.84 bits per heavy atom. The highest BCUT2D eigenvalue weighted by Crippen LogP contribution is 2.31. The van der Waals surface area contributed by atoms with Crippen LogP contribution in [0.2, 0.25) is 0 Å². The Kier molecular flexibility index (Phi) is 5.40. The number of nitrogens with one attached hydrogen (secondary N) is 2. The van der Waals surface area contributed by atoms with Crippen LogP contribution >= 0.6 is 0 Å². The number of hydrogen-bond acceptors (Lipinski definition) is 5. The van der Waals surface area contributed by atoms with Crippen LogP contribution in [0.25, 0.3) is 11.4 Å². The van der Waals surface area contributed by atoms with Crippen molar-refractivity contribution in [1.29, 1.82) is 0 Å². The number of benzene rings is 1. The minimum Gasteiger partial charge on any atom is -0.354 e. The first-order valence-corrected chi connectivity index (χ1v) is 10.9. The third-order valence-electron chi connectivity index (χ3n) is 6.60. The fourth-order valence-corrected chi connectivity index (χ4v) is 4.88. The van der Waals surface area contributed by atoms with Gasteiger partial charge in [0.05, 0.1) is 17.9 Å². The van der Waals surface area contributed by atoms with Crippen molar-refractivity contribution in [2.75, 3.05) is 19.6 Å². The lowest BCUT2D eigenvalue weighted by atomic mass is 9.96. The molecule has 1 aromatic heterocycles. The second-order valence-corrected chi connectivity index (χ2v) is 8.64.